The van der Waals surface area contributed by atoms with Crippen molar-refractivity contribution in [2.45, 2.75) is 11.4 Å². The molecule has 0 radical (unpaired) electrons. The van der Waals surface area contributed by atoms with Gasteiger partial charge in [-0.25, -0.2) is 17.5 Å². The van der Waals surface area contributed by atoms with Gasteiger partial charge in [-0.2, -0.15) is 0 Å². The molecule has 6 nitrogen and oxygen atoms in total. The Morgan fingerprint density at radius 1 is 1.23 bits per heavy atom. The van der Waals surface area contributed by atoms with Crippen molar-refractivity contribution in [1.29, 1.82) is 0 Å². The molecule has 0 aliphatic heterocycles. The third-order valence-electron chi connectivity index (χ3n) is 2.80. The minimum atomic E-state index is -4.09. The molecule has 9 heteroatoms. The van der Waals surface area contributed by atoms with Gasteiger partial charge in [0.05, 0.1) is 9.95 Å². The van der Waals surface area contributed by atoms with Gasteiger partial charge in [0.2, 0.25) is 10.0 Å². The number of nitrogens with zero attached hydrogens (tertiary/aromatic N) is 1. The van der Waals surface area contributed by atoms with E-state index in [1.54, 1.807) is 0 Å². The van der Waals surface area contributed by atoms with Gasteiger partial charge >= 0.3 is 0 Å². The Kier molecular flexibility index (Phi) is 4.74. The van der Waals surface area contributed by atoms with Gasteiger partial charge in [0.25, 0.3) is 5.69 Å². The maximum atomic E-state index is 13.0. The molecule has 0 unspecified atom stereocenters. The van der Waals surface area contributed by atoms with Crippen LogP contribution >= 0.6 is 11.6 Å². The van der Waals surface area contributed by atoms with Crippen LogP contribution in [0.1, 0.15) is 5.56 Å². The van der Waals surface area contributed by atoms with Gasteiger partial charge in [0, 0.05) is 12.6 Å². The van der Waals surface area contributed by atoms with Gasteiger partial charge in [-0.05, 0) is 23.8 Å². The van der Waals surface area contributed by atoms with E-state index in [-0.39, 0.29) is 11.6 Å². The zero-order valence-corrected chi connectivity index (χ0v) is 12.6. The van der Waals surface area contributed by atoms with Crippen molar-refractivity contribution < 1.29 is 17.7 Å². The van der Waals surface area contributed by atoms with Gasteiger partial charge in [-0.3, -0.25) is 10.1 Å². The minimum absolute atomic E-state index is 0.137. The minimum Gasteiger partial charge on any atom is -0.258 e. The first-order valence-electron chi connectivity index (χ1n) is 5.98. The zero-order chi connectivity index (χ0) is 16.3. The normalized spacial score (nSPS) is 11.4. The summed E-state index contributed by atoms with van der Waals surface area (Å²) in [5.74, 6) is -0.619. The number of sulfonamides is 1. The maximum absolute atomic E-state index is 13.0. The fourth-order valence-electron chi connectivity index (χ4n) is 1.74. The summed E-state index contributed by atoms with van der Waals surface area (Å²) in [6.45, 7) is -0.172. The Morgan fingerprint density at radius 3 is 2.55 bits per heavy atom. The largest absolute Gasteiger partial charge is 0.289 e. The number of nitrogens with one attached hydrogen (secondary N) is 1. The van der Waals surface area contributed by atoms with E-state index in [1.165, 1.54) is 24.3 Å². The fourth-order valence-corrected chi connectivity index (χ4v) is 3.13. The van der Waals surface area contributed by atoms with Crippen LogP contribution in [0.25, 0.3) is 0 Å². The highest BCUT2D eigenvalue weighted by molar-refractivity contribution is 7.89. The smallest absolute Gasteiger partial charge is 0.258 e. The fraction of sp³-hybridized carbons (Fsp3) is 0.0769. The summed E-state index contributed by atoms with van der Waals surface area (Å²) in [5, 5.41) is 10.7. The van der Waals surface area contributed by atoms with E-state index < -0.39 is 31.3 Å². The Balaban J connectivity index is 2.25. The summed E-state index contributed by atoms with van der Waals surface area (Å²) < 4.78 is 39.6. The van der Waals surface area contributed by atoms with Crippen molar-refractivity contribution >= 4 is 27.3 Å². The van der Waals surface area contributed by atoms with Crippen LogP contribution in [0.3, 0.4) is 0 Å². The highest BCUT2D eigenvalue weighted by Crippen LogP contribution is 2.23. The van der Waals surface area contributed by atoms with Crippen LogP contribution in [0.4, 0.5) is 10.1 Å². The van der Waals surface area contributed by atoms with E-state index in [0.717, 1.165) is 18.2 Å². The lowest BCUT2D eigenvalue weighted by atomic mass is 10.2. The average Bonchev–Trinajstić information content (AvgIpc) is 2.48. The first kappa shape index (κ1) is 16.3. The zero-order valence-electron chi connectivity index (χ0n) is 11.0. The number of benzene rings is 2. The van der Waals surface area contributed by atoms with Crippen LogP contribution < -0.4 is 4.72 Å². The summed E-state index contributed by atoms with van der Waals surface area (Å²) in [6.07, 6.45) is 0. The van der Waals surface area contributed by atoms with Gasteiger partial charge in [-0.15, -0.1) is 0 Å². The highest BCUT2D eigenvalue weighted by Gasteiger charge is 2.24. The lowest BCUT2D eigenvalue weighted by Gasteiger charge is -2.08. The van der Waals surface area contributed by atoms with Crippen molar-refractivity contribution in [1.82, 2.24) is 4.72 Å². The summed E-state index contributed by atoms with van der Waals surface area (Å²) in [6, 6.07) is 8.74. The molecule has 0 aliphatic rings. The SMILES string of the molecule is O=[N+]([O-])c1ccccc1S(=O)(=O)NCc1ccc(F)c(Cl)c1. The van der Waals surface area contributed by atoms with E-state index in [4.69, 9.17) is 11.6 Å². The van der Waals surface area contributed by atoms with Gasteiger partial charge in [-0.1, -0.05) is 29.8 Å². The highest BCUT2D eigenvalue weighted by atomic mass is 35.5. The molecule has 0 amide bonds. The van der Waals surface area contributed by atoms with Crippen molar-refractivity contribution in [2.24, 2.45) is 0 Å². The van der Waals surface area contributed by atoms with Crippen molar-refractivity contribution in [3.05, 3.63) is 69.0 Å². The molecule has 0 fully saturated rings. The van der Waals surface area contributed by atoms with Crippen LogP contribution in [0, 0.1) is 15.9 Å². The second-order valence-corrected chi connectivity index (χ2v) is 6.44. The summed E-state index contributed by atoms with van der Waals surface area (Å²) in [7, 11) is -4.09. The van der Waals surface area contributed by atoms with Gasteiger partial charge in [0.1, 0.15) is 5.82 Å². The summed E-state index contributed by atoms with van der Waals surface area (Å²) >= 11 is 5.61. The maximum Gasteiger partial charge on any atom is 0.289 e. The first-order chi connectivity index (χ1) is 10.3. The van der Waals surface area contributed by atoms with E-state index in [1.807, 2.05) is 0 Å². The number of hydrogen-bond donors (Lipinski definition) is 1. The molecule has 0 aliphatic carbocycles. The standard InChI is InChI=1S/C13H10ClFN2O4S/c14-10-7-9(5-6-11(10)15)8-16-22(20,21)13-4-2-1-3-12(13)17(18)19/h1-7,16H,8H2. The molecule has 0 atom stereocenters. The molecule has 0 saturated carbocycles. The van der Waals surface area contributed by atoms with Crippen molar-refractivity contribution in [2.75, 3.05) is 0 Å². The van der Waals surface area contributed by atoms with Crippen molar-refractivity contribution in [3.8, 4) is 0 Å². The Labute approximate surface area is 130 Å². The second-order valence-electron chi connectivity index (χ2n) is 4.30. The van der Waals surface area contributed by atoms with E-state index in [9.17, 15) is 22.9 Å². The molecule has 116 valence electrons. The number of nitro benzene ring substituents is 1. The van der Waals surface area contributed by atoms with Crippen LogP contribution in [0.5, 0.6) is 0 Å². The topological polar surface area (TPSA) is 89.3 Å². The Morgan fingerprint density at radius 2 is 1.91 bits per heavy atom. The van der Waals surface area contributed by atoms with E-state index in [2.05, 4.69) is 4.72 Å². The summed E-state index contributed by atoms with van der Waals surface area (Å²) in [5.41, 5.74) is -0.0966. The van der Waals surface area contributed by atoms with Crippen LogP contribution in [-0.2, 0) is 16.6 Å². The Hall–Kier alpha value is -2.03. The quantitative estimate of drug-likeness (QED) is 0.667. The molecule has 0 aromatic heterocycles. The Bertz CT molecular complexity index is 827. The number of halogens is 2. The molecular weight excluding hydrogens is 335 g/mol. The van der Waals surface area contributed by atoms with Crippen LogP contribution in [0.15, 0.2) is 47.4 Å². The van der Waals surface area contributed by atoms with Crippen LogP contribution in [0.2, 0.25) is 5.02 Å². The van der Waals surface area contributed by atoms with Gasteiger partial charge in [0.15, 0.2) is 4.90 Å². The van der Waals surface area contributed by atoms with Crippen molar-refractivity contribution in [3.63, 3.8) is 0 Å². The molecule has 0 heterocycles. The predicted molar refractivity (Wildman–Crippen MR) is 78.5 cm³/mol. The molecular formula is C13H10ClFN2O4S. The number of rotatable bonds is 5. The molecule has 2 aromatic rings. The number of para-hydroxylation sites is 1. The monoisotopic (exact) mass is 344 g/mol. The van der Waals surface area contributed by atoms with Gasteiger partial charge < -0.3 is 0 Å². The average molecular weight is 345 g/mol. The van der Waals surface area contributed by atoms with E-state index >= 15 is 0 Å². The predicted octanol–water partition coefficient (Wildman–Crippen LogP) is 2.87. The lowest BCUT2D eigenvalue weighted by Crippen LogP contribution is -2.24. The number of hydrogen-bond acceptors (Lipinski definition) is 4. The molecule has 22 heavy (non-hydrogen) atoms. The third kappa shape index (κ3) is 3.59. The molecule has 2 aromatic carbocycles. The van der Waals surface area contributed by atoms with Crippen LogP contribution in [-0.4, -0.2) is 13.3 Å². The molecule has 0 saturated heterocycles. The second kappa shape index (κ2) is 6.39. The number of nitro groups is 1. The molecule has 0 spiro atoms. The summed E-state index contributed by atoms with van der Waals surface area (Å²) in [4.78, 5) is 9.67. The first-order valence-corrected chi connectivity index (χ1v) is 7.84. The lowest BCUT2D eigenvalue weighted by molar-refractivity contribution is -0.387. The molecule has 0 bridgehead atoms. The van der Waals surface area contributed by atoms with E-state index in [0.29, 0.717) is 5.56 Å². The molecule has 1 N–H and O–H groups in total. The third-order valence-corrected chi connectivity index (χ3v) is 4.54. The molecule has 2 rings (SSSR count).